The van der Waals surface area contributed by atoms with E-state index in [1.165, 1.54) is 18.7 Å². The second kappa shape index (κ2) is 11.4. The summed E-state index contributed by atoms with van der Waals surface area (Å²) in [6.07, 6.45) is 3.30. The van der Waals surface area contributed by atoms with E-state index in [-0.39, 0.29) is 18.1 Å². The van der Waals surface area contributed by atoms with Crippen molar-refractivity contribution in [1.82, 2.24) is 5.32 Å². The highest BCUT2D eigenvalue weighted by Crippen LogP contribution is 2.28. The van der Waals surface area contributed by atoms with Gasteiger partial charge in [0.2, 0.25) is 0 Å². The molecule has 0 aromatic heterocycles. The number of benzene rings is 2. The molecular weight excluding hydrogens is 358 g/mol. The fourth-order valence-electron chi connectivity index (χ4n) is 2.49. The van der Waals surface area contributed by atoms with Crippen LogP contribution >= 0.6 is 0 Å². The molecule has 1 amide bonds. The smallest absolute Gasteiger partial charge is 0.338 e. The standard InChI is InChI=1S/C22H25NO5/c1-3-14-27-19-12-11-18(15-20(19)26-2)22(25)28-16-21(24)23-13-7-10-17-8-5-4-6-9-17/h3-6,8-9,11-12,15H,1,7,10,13-14,16H2,2H3,(H,23,24). The van der Waals surface area contributed by atoms with Crippen molar-refractivity contribution in [3.05, 3.63) is 72.3 Å². The summed E-state index contributed by atoms with van der Waals surface area (Å²) < 4.78 is 15.7. The summed E-state index contributed by atoms with van der Waals surface area (Å²) in [6.45, 7) is 4.10. The number of carbonyl (C=O) groups excluding carboxylic acids is 2. The van der Waals surface area contributed by atoms with E-state index in [9.17, 15) is 9.59 Å². The number of hydrogen-bond donors (Lipinski definition) is 1. The zero-order chi connectivity index (χ0) is 20.2. The zero-order valence-corrected chi connectivity index (χ0v) is 16.0. The predicted molar refractivity (Wildman–Crippen MR) is 107 cm³/mol. The lowest BCUT2D eigenvalue weighted by Gasteiger charge is -2.11. The van der Waals surface area contributed by atoms with E-state index in [0.29, 0.717) is 24.7 Å². The van der Waals surface area contributed by atoms with Gasteiger partial charge in [0.1, 0.15) is 6.61 Å². The number of rotatable bonds is 11. The molecule has 6 nitrogen and oxygen atoms in total. The maximum atomic E-state index is 12.1. The topological polar surface area (TPSA) is 73.9 Å². The van der Waals surface area contributed by atoms with Crippen LogP contribution in [0.3, 0.4) is 0 Å². The Morgan fingerprint density at radius 3 is 2.61 bits per heavy atom. The third-order valence-corrected chi connectivity index (χ3v) is 3.90. The summed E-state index contributed by atoms with van der Waals surface area (Å²) in [5, 5.41) is 2.74. The van der Waals surface area contributed by atoms with E-state index in [2.05, 4.69) is 11.9 Å². The molecule has 0 aliphatic rings. The van der Waals surface area contributed by atoms with E-state index in [0.717, 1.165) is 12.8 Å². The molecule has 2 rings (SSSR count). The maximum absolute atomic E-state index is 12.1. The summed E-state index contributed by atoms with van der Waals surface area (Å²) in [5.74, 6) is -0.0379. The largest absolute Gasteiger partial charge is 0.493 e. The molecule has 28 heavy (non-hydrogen) atoms. The summed E-state index contributed by atoms with van der Waals surface area (Å²) in [5.41, 5.74) is 1.50. The molecule has 0 spiro atoms. The van der Waals surface area contributed by atoms with Crippen LogP contribution in [0.2, 0.25) is 0 Å². The SMILES string of the molecule is C=CCOc1ccc(C(=O)OCC(=O)NCCCc2ccccc2)cc1OC. The van der Waals surface area contributed by atoms with Crippen LogP contribution in [0, 0.1) is 0 Å². The minimum Gasteiger partial charge on any atom is -0.493 e. The Kier molecular flexibility index (Phi) is 8.59. The van der Waals surface area contributed by atoms with Gasteiger partial charge in [0.05, 0.1) is 12.7 Å². The molecule has 0 saturated carbocycles. The highest BCUT2D eigenvalue weighted by molar-refractivity contribution is 5.92. The Bertz CT molecular complexity index is 789. The Balaban J connectivity index is 1.74. The molecule has 0 aliphatic heterocycles. The number of aryl methyl sites for hydroxylation is 1. The first-order valence-corrected chi connectivity index (χ1v) is 9.03. The van der Waals surface area contributed by atoms with Gasteiger partial charge in [-0.2, -0.15) is 0 Å². The van der Waals surface area contributed by atoms with Crippen LogP contribution in [0.4, 0.5) is 0 Å². The van der Waals surface area contributed by atoms with Crippen molar-refractivity contribution in [3.63, 3.8) is 0 Å². The van der Waals surface area contributed by atoms with Crippen LogP contribution in [-0.4, -0.2) is 38.7 Å². The zero-order valence-electron chi connectivity index (χ0n) is 16.0. The van der Waals surface area contributed by atoms with Crippen molar-refractivity contribution >= 4 is 11.9 Å². The number of hydrogen-bond acceptors (Lipinski definition) is 5. The van der Waals surface area contributed by atoms with Crippen LogP contribution < -0.4 is 14.8 Å². The predicted octanol–water partition coefficient (Wildman–Crippen LogP) is 3.17. The van der Waals surface area contributed by atoms with Gasteiger partial charge in [0.15, 0.2) is 18.1 Å². The Morgan fingerprint density at radius 2 is 1.89 bits per heavy atom. The van der Waals surface area contributed by atoms with E-state index < -0.39 is 5.97 Å². The molecule has 0 bridgehead atoms. The summed E-state index contributed by atoms with van der Waals surface area (Å²) in [6, 6.07) is 14.7. The molecule has 0 radical (unpaired) electrons. The van der Waals surface area contributed by atoms with Crippen molar-refractivity contribution in [2.24, 2.45) is 0 Å². The van der Waals surface area contributed by atoms with Crippen molar-refractivity contribution in [2.75, 3.05) is 26.9 Å². The van der Waals surface area contributed by atoms with Gasteiger partial charge in [-0.3, -0.25) is 4.79 Å². The normalized spacial score (nSPS) is 10.0. The van der Waals surface area contributed by atoms with Gasteiger partial charge in [-0.1, -0.05) is 43.0 Å². The number of carbonyl (C=O) groups is 2. The quantitative estimate of drug-likeness (QED) is 0.367. The van der Waals surface area contributed by atoms with Crippen molar-refractivity contribution in [3.8, 4) is 11.5 Å². The fourth-order valence-corrected chi connectivity index (χ4v) is 2.49. The third kappa shape index (κ3) is 6.79. The van der Waals surface area contributed by atoms with Gasteiger partial charge in [0.25, 0.3) is 5.91 Å². The average molecular weight is 383 g/mol. The minimum absolute atomic E-state index is 0.277. The Hall–Kier alpha value is -3.28. The Labute approximate surface area is 165 Å². The van der Waals surface area contributed by atoms with Crippen LogP contribution in [0.5, 0.6) is 11.5 Å². The van der Waals surface area contributed by atoms with Crippen molar-refractivity contribution in [2.45, 2.75) is 12.8 Å². The van der Waals surface area contributed by atoms with E-state index >= 15 is 0 Å². The third-order valence-electron chi connectivity index (χ3n) is 3.90. The van der Waals surface area contributed by atoms with Gasteiger partial charge in [0, 0.05) is 6.54 Å². The lowest BCUT2D eigenvalue weighted by Crippen LogP contribution is -2.29. The molecule has 1 N–H and O–H groups in total. The average Bonchev–Trinajstić information content (AvgIpc) is 2.74. The summed E-state index contributed by atoms with van der Waals surface area (Å²) in [7, 11) is 1.48. The van der Waals surface area contributed by atoms with Gasteiger partial charge < -0.3 is 19.5 Å². The van der Waals surface area contributed by atoms with Crippen LogP contribution in [-0.2, 0) is 16.0 Å². The molecule has 2 aromatic rings. The molecule has 0 unspecified atom stereocenters. The number of nitrogens with one attached hydrogen (secondary N) is 1. The molecule has 148 valence electrons. The minimum atomic E-state index is -0.604. The molecule has 0 fully saturated rings. The van der Waals surface area contributed by atoms with Crippen LogP contribution in [0.15, 0.2) is 61.2 Å². The van der Waals surface area contributed by atoms with Gasteiger partial charge in [-0.25, -0.2) is 4.79 Å². The molecular formula is C22H25NO5. The first-order chi connectivity index (χ1) is 13.6. The van der Waals surface area contributed by atoms with Crippen molar-refractivity contribution < 1.29 is 23.8 Å². The fraction of sp³-hybridized carbons (Fsp3) is 0.273. The van der Waals surface area contributed by atoms with Gasteiger partial charge in [-0.05, 0) is 36.6 Å². The first kappa shape index (κ1) is 21.0. The molecule has 2 aromatic carbocycles. The number of ether oxygens (including phenoxy) is 3. The number of methoxy groups -OCH3 is 1. The lowest BCUT2D eigenvalue weighted by atomic mass is 10.1. The Morgan fingerprint density at radius 1 is 1.11 bits per heavy atom. The number of esters is 1. The number of amides is 1. The summed E-state index contributed by atoms with van der Waals surface area (Å²) in [4.78, 5) is 24.0. The molecule has 0 aliphatic carbocycles. The monoisotopic (exact) mass is 383 g/mol. The van der Waals surface area contributed by atoms with E-state index in [1.54, 1.807) is 18.2 Å². The highest BCUT2D eigenvalue weighted by atomic mass is 16.5. The lowest BCUT2D eigenvalue weighted by molar-refractivity contribution is -0.124. The van der Waals surface area contributed by atoms with Gasteiger partial charge >= 0.3 is 5.97 Å². The van der Waals surface area contributed by atoms with Crippen LogP contribution in [0.1, 0.15) is 22.3 Å². The molecule has 0 heterocycles. The molecule has 0 saturated heterocycles. The molecule has 6 heteroatoms. The second-order valence-electron chi connectivity index (χ2n) is 5.98. The van der Waals surface area contributed by atoms with Crippen LogP contribution in [0.25, 0.3) is 0 Å². The van der Waals surface area contributed by atoms with Gasteiger partial charge in [-0.15, -0.1) is 0 Å². The first-order valence-electron chi connectivity index (χ1n) is 9.03. The molecule has 0 atom stereocenters. The van der Waals surface area contributed by atoms with Crippen molar-refractivity contribution in [1.29, 1.82) is 0 Å². The van der Waals surface area contributed by atoms with E-state index in [1.807, 2.05) is 30.3 Å². The van der Waals surface area contributed by atoms with E-state index in [4.69, 9.17) is 14.2 Å². The highest BCUT2D eigenvalue weighted by Gasteiger charge is 2.13. The summed E-state index contributed by atoms with van der Waals surface area (Å²) >= 11 is 0. The second-order valence-corrected chi connectivity index (χ2v) is 5.98. The maximum Gasteiger partial charge on any atom is 0.338 e.